The van der Waals surface area contributed by atoms with Gasteiger partial charge in [0.2, 0.25) is 15.9 Å². The summed E-state index contributed by atoms with van der Waals surface area (Å²) < 4.78 is 28.9. The van der Waals surface area contributed by atoms with Crippen LogP contribution in [0.25, 0.3) is 11.0 Å². The number of hydrogen-bond donors (Lipinski definition) is 2. The Morgan fingerprint density at radius 3 is 2.47 bits per heavy atom. The van der Waals surface area contributed by atoms with Gasteiger partial charge in [0.25, 0.3) is 0 Å². The quantitative estimate of drug-likeness (QED) is 0.532. The molecule has 2 rings (SSSR count). The van der Waals surface area contributed by atoms with Gasteiger partial charge in [-0.15, -0.1) is 0 Å². The highest BCUT2D eigenvalue weighted by Crippen LogP contribution is 2.27. The number of amides is 3. The first-order valence-electron chi connectivity index (χ1n) is 9.99. The topological polar surface area (TPSA) is 113 Å². The number of aromatic nitrogens is 2. The lowest BCUT2D eigenvalue weighted by Gasteiger charge is -2.18. The van der Waals surface area contributed by atoms with Crippen LogP contribution in [0.2, 0.25) is 0 Å². The summed E-state index contributed by atoms with van der Waals surface area (Å²) in [4.78, 5) is 28.3. The summed E-state index contributed by atoms with van der Waals surface area (Å²) in [6, 6.07) is 4.38. The normalized spacial score (nSPS) is 11.8. The molecule has 9 nitrogen and oxygen atoms in total. The third-order valence-corrected chi connectivity index (χ3v) is 7.49. The number of imidazole rings is 1. The van der Waals surface area contributed by atoms with Crippen LogP contribution in [0.15, 0.2) is 28.3 Å². The summed E-state index contributed by atoms with van der Waals surface area (Å²) in [5.74, 6) is -0.402. The molecule has 2 aromatic rings. The highest BCUT2D eigenvalue weighted by atomic mass is 32.2. The Kier molecular flexibility index (Phi) is 8.68. The fraction of sp³-hybridized carbons (Fsp3) is 0.526. The molecule has 1 aromatic carbocycles. The van der Waals surface area contributed by atoms with E-state index < -0.39 is 22.0 Å². The Hall–Kier alpha value is -2.11. The van der Waals surface area contributed by atoms with Gasteiger partial charge in [0.1, 0.15) is 0 Å². The second-order valence-electron chi connectivity index (χ2n) is 6.47. The lowest BCUT2D eigenvalue weighted by Crippen LogP contribution is -2.40. The van der Waals surface area contributed by atoms with E-state index in [4.69, 9.17) is 0 Å². The van der Waals surface area contributed by atoms with Crippen LogP contribution in [0.5, 0.6) is 0 Å². The molecule has 11 heteroatoms. The largest absolute Gasteiger partial charge is 0.338 e. The molecule has 3 amide bonds. The number of carbonyl (C=O) groups excluding carboxylic acids is 2. The average Bonchev–Trinajstić information content (AvgIpc) is 3.08. The van der Waals surface area contributed by atoms with Crippen molar-refractivity contribution in [3.8, 4) is 0 Å². The molecule has 0 aliphatic rings. The van der Waals surface area contributed by atoms with Crippen LogP contribution >= 0.6 is 11.8 Å². The zero-order chi connectivity index (χ0) is 22.3. The van der Waals surface area contributed by atoms with E-state index in [1.54, 1.807) is 32.0 Å². The van der Waals surface area contributed by atoms with Crippen molar-refractivity contribution in [3.63, 3.8) is 0 Å². The standard InChI is InChI=1S/C19H29N5O4S2/c1-5-11-20-18(26)22-17(25)13-29-19-21-15-12-14(9-10-16(15)24(19)8-4)30(27,28)23(6-2)7-3/h9-10,12H,5-8,11,13H2,1-4H3,(H2,20,22,25,26). The van der Waals surface area contributed by atoms with Gasteiger partial charge in [-0.1, -0.05) is 32.5 Å². The van der Waals surface area contributed by atoms with Gasteiger partial charge in [-0.3, -0.25) is 10.1 Å². The van der Waals surface area contributed by atoms with Crippen molar-refractivity contribution in [2.75, 3.05) is 25.4 Å². The van der Waals surface area contributed by atoms with Crippen molar-refractivity contribution in [1.82, 2.24) is 24.5 Å². The molecule has 0 bridgehead atoms. The molecule has 0 unspecified atom stereocenters. The molecule has 0 spiro atoms. The van der Waals surface area contributed by atoms with E-state index in [2.05, 4.69) is 15.6 Å². The number of carbonyl (C=O) groups is 2. The molecule has 0 fully saturated rings. The van der Waals surface area contributed by atoms with Crippen LogP contribution in [-0.2, 0) is 21.4 Å². The van der Waals surface area contributed by atoms with E-state index in [9.17, 15) is 18.0 Å². The molecule has 0 aliphatic heterocycles. The fourth-order valence-electron chi connectivity index (χ4n) is 2.95. The van der Waals surface area contributed by atoms with E-state index in [1.807, 2.05) is 18.4 Å². The lowest BCUT2D eigenvalue weighted by atomic mass is 10.3. The van der Waals surface area contributed by atoms with Crippen molar-refractivity contribution in [2.24, 2.45) is 0 Å². The van der Waals surface area contributed by atoms with Crippen molar-refractivity contribution in [2.45, 2.75) is 50.7 Å². The van der Waals surface area contributed by atoms with Gasteiger partial charge in [0.15, 0.2) is 5.16 Å². The monoisotopic (exact) mass is 455 g/mol. The molecule has 30 heavy (non-hydrogen) atoms. The fourth-order valence-corrected chi connectivity index (χ4v) is 5.31. The Morgan fingerprint density at radius 2 is 1.87 bits per heavy atom. The minimum absolute atomic E-state index is 0.0213. The smallest absolute Gasteiger partial charge is 0.321 e. The average molecular weight is 456 g/mol. The number of urea groups is 1. The van der Waals surface area contributed by atoms with Gasteiger partial charge in [-0.2, -0.15) is 4.31 Å². The zero-order valence-corrected chi connectivity index (χ0v) is 19.4. The number of hydrogen-bond acceptors (Lipinski definition) is 6. The predicted octanol–water partition coefficient (Wildman–Crippen LogP) is 2.41. The maximum absolute atomic E-state index is 12.8. The second kappa shape index (κ2) is 10.8. The maximum Gasteiger partial charge on any atom is 0.321 e. The van der Waals surface area contributed by atoms with Crippen LogP contribution in [0.4, 0.5) is 4.79 Å². The summed E-state index contributed by atoms with van der Waals surface area (Å²) in [5, 5.41) is 5.45. The molecule has 1 heterocycles. The lowest BCUT2D eigenvalue weighted by molar-refractivity contribution is -0.117. The first-order valence-corrected chi connectivity index (χ1v) is 12.4. The van der Waals surface area contributed by atoms with Gasteiger partial charge in [-0.25, -0.2) is 18.2 Å². The van der Waals surface area contributed by atoms with E-state index >= 15 is 0 Å². The molecule has 0 saturated carbocycles. The number of imide groups is 1. The Bertz CT molecular complexity index is 1000. The van der Waals surface area contributed by atoms with E-state index in [0.29, 0.717) is 36.9 Å². The van der Waals surface area contributed by atoms with Crippen LogP contribution in [-0.4, -0.2) is 59.6 Å². The van der Waals surface area contributed by atoms with Gasteiger partial charge in [0, 0.05) is 26.2 Å². The Morgan fingerprint density at radius 1 is 1.17 bits per heavy atom. The van der Waals surface area contributed by atoms with Crippen LogP contribution in [0.3, 0.4) is 0 Å². The SMILES string of the molecule is CCCNC(=O)NC(=O)CSc1nc2cc(S(=O)(=O)N(CC)CC)ccc2n1CC. The maximum atomic E-state index is 12.8. The molecule has 0 atom stereocenters. The minimum Gasteiger partial charge on any atom is -0.338 e. The van der Waals surface area contributed by atoms with Gasteiger partial charge in [0.05, 0.1) is 21.7 Å². The molecule has 0 aliphatic carbocycles. The highest BCUT2D eigenvalue weighted by molar-refractivity contribution is 7.99. The summed E-state index contributed by atoms with van der Waals surface area (Å²) in [6.07, 6.45) is 0.781. The van der Waals surface area contributed by atoms with Crippen molar-refractivity contribution >= 4 is 44.8 Å². The molecular weight excluding hydrogens is 426 g/mol. The number of rotatable bonds is 10. The molecule has 0 radical (unpaired) electrons. The van der Waals surface area contributed by atoms with Gasteiger partial charge in [-0.05, 0) is 31.5 Å². The molecular formula is C19H29N5O4S2. The van der Waals surface area contributed by atoms with Crippen LogP contribution in [0, 0.1) is 0 Å². The molecule has 0 saturated heterocycles. The number of thioether (sulfide) groups is 1. The number of sulfonamides is 1. The van der Waals surface area contributed by atoms with Crippen molar-refractivity contribution < 1.29 is 18.0 Å². The molecule has 1 aromatic heterocycles. The van der Waals surface area contributed by atoms with E-state index in [1.165, 1.54) is 16.1 Å². The van der Waals surface area contributed by atoms with Gasteiger partial charge < -0.3 is 9.88 Å². The van der Waals surface area contributed by atoms with Crippen LogP contribution in [0.1, 0.15) is 34.1 Å². The van der Waals surface area contributed by atoms with Crippen molar-refractivity contribution in [3.05, 3.63) is 18.2 Å². The number of aryl methyl sites for hydroxylation is 1. The predicted molar refractivity (Wildman–Crippen MR) is 118 cm³/mol. The second-order valence-corrected chi connectivity index (χ2v) is 9.35. The van der Waals surface area contributed by atoms with Crippen molar-refractivity contribution in [1.29, 1.82) is 0 Å². The third kappa shape index (κ3) is 5.52. The van der Waals surface area contributed by atoms with Crippen LogP contribution < -0.4 is 10.6 Å². The zero-order valence-electron chi connectivity index (χ0n) is 17.8. The summed E-state index contributed by atoms with van der Waals surface area (Å²) in [7, 11) is -3.58. The summed E-state index contributed by atoms with van der Waals surface area (Å²) in [5.41, 5.74) is 1.34. The summed E-state index contributed by atoms with van der Waals surface area (Å²) >= 11 is 1.20. The first kappa shape index (κ1) is 24.2. The van der Waals surface area contributed by atoms with E-state index in [-0.39, 0.29) is 10.6 Å². The van der Waals surface area contributed by atoms with Gasteiger partial charge >= 0.3 is 6.03 Å². The molecule has 166 valence electrons. The summed E-state index contributed by atoms with van der Waals surface area (Å²) in [6.45, 7) is 9.36. The first-order chi connectivity index (χ1) is 14.3. The third-order valence-electron chi connectivity index (χ3n) is 4.46. The number of fused-ring (bicyclic) bond motifs is 1. The Labute approximate surface area is 181 Å². The molecule has 2 N–H and O–H groups in total. The highest BCUT2D eigenvalue weighted by Gasteiger charge is 2.23. The minimum atomic E-state index is -3.58. The number of benzene rings is 1. The number of nitrogens with zero attached hydrogens (tertiary/aromatic N) is 3. The number of nitrogens with one attached hydrogen (secondary N) is 2. The van der Waals surface area contributed by atoms with E-state index in [0.717, 1.165) is 11.9 Å². The Balaban J connectivity index is 2.22.